The summed E-state index contributed by atoms with van der Waals surface area (Å²) < 4.78 is 68.5. The molecule has 19 heteroatoms. The Morgan fingerprint density at radius 2 is 0.543 bits per heavy atom. The Bertz CT molecular complexity index is 1840. The summed E-state index contributed by atoms with van der Waals surface area (Å²) >= 11 is 0. The van der Waals surface area contributed by atoms with Crippen molar-refractivity contribution in [3.8, 4) is 0 Å². The van der Waals surface area contributed by atoms with Gasteiger partial charge < -0.3 is 33.8 Å². The first-order valence-corrected chi connectivity index (χ1v) is 41.9. The smallest absolute Gasteiger partial charge is 0.462 e. The van der Waals surface area contributed by atoms with Crippen LogP contribution in [0.15, 0.2) is 0 Å². The molecule has 0 radical (unpaired) electrons. The minimum atomic E-state index is -4.96. The van der Waals surface area contributed by atoms with Gasteiger partial charge in [0.05, 0.1) is 26.4 Å². The zero-order chi connectivity index (χ0) is 69.4. The van der Waals surface area contributed by atoms with Gasteiger partial charge in [-0.1, -0.05) is 331 Å². The number of aliphatic hydroxyl groups excluding tert-OH is 1. The normalized spacial score (nSPS) is 14.4. The van der Waals surface area contributed by atoms with Gasteiger partial charge in [0, 0.05) is 25.7 Å². The van der Waals surface area contributed by atoms with E-state index in [-0.39, 0.29) is 25.7 Å². The Balaban J connectivity index is 5.23. The number of hydrogen-bond donors (Lipinski definition) is 3. The van der Waals surface area contributed by atoms with E-state index in [9.17, 15) is 43.2 Å². The molecule has 0 bridgehead atoms. The van der Waals surface area contributed by atoms with Gasteiger partial charge in [-0.25, -0.2) is 9.13 Å². The van der Waals surface area contributed by atoms with Crippen molar-refractivity contribution in [2.75, 3.05) is 39.6 Å². The summed E-state index contributed by atoms with van der Waals surface area (Å²) in [6.07, 6.45) is 51.3. The Hall–Kier alpha value is -1.94. The van der Waals surface area contributed by atoms with E-state index in [0.717, 1.165) is 108 Å². The van der Waals surface area contributed by atoms with Crippen LogP contribution >= 0.6 is 15.6 Å². The first-order valence-electron chi connectivity index (χ1n) is 38.9. The Morgan fingerprint density at radius 1 is 0.309 bits per heavy atom. The highest BCUT2D eigenvalue weighted by atomic mass is 31.2. The molecule has 0 rings (SSSR count). The lowest BCUT2D eigenvalue weighted by Gasteiger charge is -2.21. The lowest BCUT2D eigenvalue weighted by atomic mass is 9.99. The van der Waals surface area contributed by atoms with Crippen molar-refractivity contribution in [2.45, 2.75) is 401 Å². The van der Waals surface area contributed by atoms with E-state index in [0.29, 0.717) is 25.7 Å². The molecule has 0 heterocycles. The number of aliphatic hydroxyl groups is 1. The maximum Gasteiger partial charge on any atom is 0.472 e. The molecule has 0 saturated carbocycles. The molecule has 94 heavy (non-hydrogen) atoms. The number of phosphoric ester groups is 2. The minimum Gasteiger partial charge on any atom is -0.462 e. The molecule has 0 amide bonds. The number of hydrogen-bond acceptors (Lipinski definition) is 15. The number of carbonyl (C=O) groups excluding carboxylic acids is 4. The summed E-state index contributed by atoms with van der Waals surface area (Å²) in [5.41, 5.74) is 0. The third-order valence-corrected chi connectivity index (χ3v) is 19.6. The second kappa shape index (κ2) is 65.7. The van der Waals surface area contributed by atoms with Crippen molar-refractivity contribution >= 4 is 39.5 Å². The van der Waals surface area contributed by atoms with Gasteiger partial charge in [-0.15, -0.1) is 0 Å². The molecule has 0 aromatic carbocycles. The average Bonchev–Trinajstić information content (AvgIpc) is 1.39. The highest BCUT2D eigenvalue weighted by Gasteiger charge is 2.30. The molecule has 0 aromatic heterocycles. The van der Waals surface area contributed by atoms with Crippen LogP contribution in [0.3, 0.4) is 0 Å². The van der Waals surface area contributed by atoms with Crippen molar-refractivity contribution < 1.29 is 80.2 Å². The second-order valence-corrected chi connectivity index (χ2v) is 31.1. The summed E-state index contributed by atoms with van der Waals surface area (Å²) in [4.78, 5) is 72.7. The van der Waals surface area contributed by atoms with E-state index >= 15 is 0 Å². The second-order valence-electron chi connectivity index (χ2n) is 28.2. The van der Waals surface area contributed by atoms with Crippen molar-refractivity contribution in [3.05, 3.63) is 0 Å². The molecule has 558 valence electrons. The quantitative estimate of drug-likeness (QED) is 0.0222. The van der Waals surface area contributed by atoms with Crippen LogP contribution in [0.1, 0.15) is 382 Å². The predicted molar refractivity (Wildman–Crippen MR) is 381 cm³/mol. The SMILES string of the molecule is CCCCCCCCCCCCCCC(=O)O[C@H](COC(=O)CCCCCCCCCCC(C)C)COP(=O)(O)OC[C@H](O)COP(=O)(O)OC[C@@H](COC(=O)CCCCCCCCCCC(C)CC)OC(=O)CCCCCCCCCCCCCCCCCCC(C)C. The molecule has 0 aliphatic rings. The number of ether oxygens (including phenoxy) is 4. The summed E-state index contributed by atoms with van der Waals surface area (Å²) in [7, 11) is -9.91. The Kier molecular flexibility index (Phi) is 64.3. The van der Waals surface area contributed by atoms with E-state index in [1.807, 2.05) is 0 Å². The molecular formula is C75H146O17P2. The van der Waals surface area contributed by atoms with Crippen LogP contribution in [-0.4, -0.2) is 96.7 Å². The third-order valence-electron chi connectivity index (χ3n) is 17.7. The lowest BCUT2D eigenvalue weighted by molar-refractivity contribution is -0.161. The maximum absolute atomic E-state index is 13.1. The standard InChI is InChI=1S/C75H146O17P2/c1-8-10-11-12-13-14-15-23-26-37-44-51-58-74(79)91-70(62-85-72(77)56-49-42-35-30-28-33-40-47-54-67(5)6)64-89-93(81,82)87-60-69(76)61-88-94(83,84)90-65-71(63-86-73(78)57-50-43-36-31-29-34-41-48-55-68(7)9-2)92-75(80)59-52-45-38-27-24-21-19-17-16-18-20-22-25-32-39-46-53-66(3)4/h66-71,76H,8-65H2,1-7H3,(H,81,82)(H,83,84)/t68?,69-,70+,71+/m0/s1. The van der Waals surface area contributed by atoms with Crippen LogP contribution in [0.5, 0.6) is 0 Å². The maximum atomic E-state index is 13.1. The molecule has 0 aromatic rings. The van der Waals surface area contributed by atoms with Crippen LogP contribution in [-0.2, 0) is 65.4 Å². The molecule has 0 aliphatic carbocycles. The first-order chi connectivity index (χ1) is 45.3. The van der Waals surface area contributed by atoms with Crippen LogP contribution < -0.4 is 0 Å². The molecule has 0 spiro atoms. The predicted octanol–water partition coefficient (Wildman–Crippen LogP) is 21.8. The molecule has 0 saturated heterocycles. The van der Waals surface area contributed by atoms with Crippen LogP contribution in [0.4, 0.5) is 0 Å². The molecule has 6 atom stereocenters. The van der Waals surface area contributed by atoms with Gasteiger partial charge in [-0.2, -0.15) is 0 Å². The van der Waals surface area contributed by atoms with E-state index in [2.05, 4.69) is 48.5 Å². The van der Waals surface area contributed by atoms with Crippen molar-refractivity contribution in [2.24, 2.45) is 17.8 Å². The lowest BCUT2D eigenvalue weighted by Crippen LogP contribution is -2.30. The number of phosphoric acid groups is 2. The van der Waals surface area contributed by atoms with E-state index in [1.165, 1.54) is 193 Å². The monoisotopic (exact) mass is 1380 g/mol. The third kappa shape index (κ3) is 67.3. The topological polar surface area (TPSA) is 237 Å². The Morgan fingerprint density at radius 3 is 0.809 bits per heavy atom. The molecule has 3 N–H and O–H groups in total. The Labute approximate surface area is 575 Å². The number of rotatable bonds is 73. The van der Waals surface area contributed by atoms with Gasteiger partial charge in [-0.3, -0.25) is 37.3 Å². The van der Waals surface area contributed by atoms with Gasteiger partial charge in [0.1, 0.15) is 19.3 Å². The molecule has 0 aliphatic heterocycles. The largest absolute Gasteiger partial charge is 0.472 e. The van der Waals surface area contributed by atoms with Crippen molar-refractivity contribution in [3.63, 3.8) is 0 Å². The minimum absolute atomic E-state index is 0.107. The van der Waals surface area contributed by atoms with E-state index in [4.69, 9.17) is 37.0 Å². The average molecular weight is 1380 g/mol. The van der Waals surface area contributed by atoms with Crippen LogP contribution in [0, 0.1) is 17.8 Å². The molecule has 3 unspecified atom stereocenters. The van der Waals surface area contributed by atoms with Gasteiger partial charge in [0.25, 0.3) is 0 Å². The van der Waals surface area contributed by atoms with E-state index in [1.54, 1.807) is 0 Å². The molecular weight excluding hydrogens is 1230 g/mol. The van der Waals surface area contributed by atoms with Crippen LogP contribution in [0.25, 0.3) is 0 Å². The highest BCUT2D eigenvalue weighted by Crippen LogP contribution is 2.45. The zero-order valence-corrected chi connectivity index (χ0v) is 63.2. The van der Waals surface area contributed by atoms with Crippen molar-refractivity contribution in [1.82, 2.24) is 0 Å². The fourth-order valence-electron chi connectivity index (χ4n) is 11.4. The summed E-state index contributed by atoms with van der Waals surface area (Å²) in [5.74, 6) is 0.194. The van der Waals surface area contributed by atoms with Gasteiger partial charge >= 0.3 is 39.5 Å². The van der Waals surface area contributed by atoms with Gasteiger partial charge in [0.2, 0.25) is 0 Å². The van der Waals surface area contributed by atoms with Gasteiger partial charge in [0.15, 0.2) is 12.2 Å². The first kappa shape index (κ1) is 92.1. The summed E-state index contributed by atoms with van der Waals surface area (Å²) in [6.45, 7) is 11.9. The van der Waals surface area contributed by atoms with E-state index < -0.39 is 97.5 Å². The molecule has 0 fully saturated rings. The summed E-state index contributed by atoms with van der Waals surface area (Å²) in [6, 6.07) is 0. The fourth-order valence-corrected chi connectivity index (χ4v) is 13.0. The molecule has 17 nitrogen and oxygen atoms in total. The number of unbranched alkanes of at least 4 members (excludes halogenated alkanes) is 40. The number of carbonyl (C=O) groups is 4. The van der Waals surface area contributed by atoms with Crippen molar-refractivity contribution in [1.29, 1.82) is 0 Å². The van der Waals surface area contributed by atoms with Gasteiger partial charge in [-0.05, 0) is 43.4 Å². The fraction of sp³-hybridized carbons (Fsp3) is 0.947. The van der Waals surface area contributed by atoms with Crippen LogP contribution in [0.2, 0.25) is 0 Å². The zero-order valence-electron chi connectivity index (χ0n) is 61.4. The number of esters is 4. The summed E-state index contributed by atoms with van der Waals surface area (Å²) in [5, 5.41) is 10.6. The highest BCUT2D eigenvalue weighted by molar-refractivity contribution is 7.47.